The smallest absolute Gasteiger partial charge is 0.0501 e. The van der Waals surface area contributed by atoms with Crippen LogP contribution in [0, 0.1) is 0 Å². The van der Waals surface area contributed by atoms with E-state index in [1.54, 1.807) is 0 Å². The minimum absolute atomic E-state index is 0.390. The van der Waals surface area contributed by atoms with Crippen molar-refractivity contribution in [1.82, 2.24) is 0 Å². The summed E-state index contributed by atoms with van der Waals surface area (Å²) in [6.07, 6.45) is 4.49. The number of nitrogens with two attached hydrogens (primary N) is 1. The molecule has 0 radical (unpaired) electrons. The molecule has 4 heteroatoms. The molecule has 1 aromatic rings. The van der Waals surface area contributed by atoms with Crippen molar-refractivity contribution in [2.45, 2.75) is 37.8 Å². The molecule has 1 aliphatic carbocycles. The molecule has 1 aliphatic rings. The van der Waals surface area contributed by atoms with Crippen molar-refractivity contribution in [3.8, 4) is 0 Å². The highest BCUT2D eigenvalue weighted by atomic mass is 79.9. The van der Waals surface area contributed by atoms with E-state index in [9.17, 15) is 0 Å². The highest BCUT2D eigenvalue weighted by Gasteiger charge is 2.18. The van der Waals surface area contributed by atoms with Gasteiger partial charge in [-0.3, -0.25) is 0 Å². The molecule has 2 nitrogen and oxygen atoms in total. The molecular formula is C12H16BrClN2. The van der Waals surface area contributed by atoms with Crippen molar-refractivity contribution in [2.75, 3.05) is 5.32 Å². The van der Waals surface area contributed by atoms with Crippen LogP contribution >= 0.6 is 27.5 Å². The summed E-state index contributed by atoms with van der Waals surface area (Å²) in [7, 11) is 0. The van der Waals surface area contributed by atoms with E-state index >= 15 is 0 Å². The first-order valence-electron chi connectivity index (χ1n) is 5.62. The first-order chi connectivity index (χ1) is 7.65. The zero-order valence-electron chi connectivity index (χ0n) is 9.05. The van der Waals surface area contributed by atoms with Gasteiger partial charge in [0, 0.05) is 21.6 Å². The predicted molar refractivity (Wildman–Crippen MR) is 73.0 cm³/mol. The molecule has 0 amide bonds. The van der Waals surface area contributed by atoms with E-state index in [0.717, 1.165) is 40.9 Å². The van der Waals surface area contributed by atoms with Gasteiger partial charge in [-0.2, -0.15) is 0 Å². The van der Waals surface area contributed by atoms with Crippen LogP contribution in [0.5, 0.6) is 0 Å². The lowest BCUT2D eigenvalue weighted by Crippen LogP contribution is -2.32. The van der Waals surface area contributed by atoms with E-state index < -0.39 is 0 Å². The van der Waals surface area contributed by atoms with Crippen LogP contribution in [-0.2, 0) is 0 Å². The van der Waals surface area contributed by atoms with E-state index in [4.69, 9.17) is 17.3 Å². The first-order valence-corrected chi connectivity index (χ1v) is 6.79. The highest BCUT2D eigenvalue weighted by molar-refractivity contribution is 9.10. The molecule has 16 heavy (non-hydrogen) atoms. The molecule has 0 spiro atoms. The fraction of sp³-hybridized carbons (Fsp3) is 0.500. The third-order valence-corrected chi connectivity index (χ3v) is 3.99. The van der Waals surface area contributed by atoms with Crippen LogP contribution in [-0.4, -0.2) is 12.1 Å². The molecule has 0 unspecified atom stereocenters. The van der Waals surface area contributed by atoms with Gasteiger partial charge in [0.2, 0.25) is 0 Å². The minimum Gasteiger partial charge on any atom is -0.381 e. The molecular weight excluding hydrogens is 288 g/mol. The first kappa shape index (κ1) is 12.2. The van der Waals surface area contributed by atoms with Gasteiger partial charge in [-0.15, -0.1) is 0 Å². The number of halogens is 2. The lowest BCUT2D eigenvalue weighted by molar-refractivity contribution is 0.411. The summed E-state index contributed by atoms with van der Waals surface area (Å²) in [5.41, 5.74) is 6.96. The maximum atomic E-state index is 5.98. The number of hydrogen-bond acceptors (Lipinski definition) is 2. The lowest BCUT2D eigenvalue weighted by Gasteiger charge is -2.28. The van der Waals surface area contributed by atoms with E-state index in [-0.39, 0.29) is 0 Å². The van der Waals surface area contributed by atoms with Crippen LogP contribution in [0.25, 0.3) is 0 Å². The molecule has 0 atom stereocenters. The Morgan fingerprint density at radius 3 is 2.62 bits per heavy atom. The Balaban J connectivity index is 2.00. The maximum Gasteiger partial charge on any atom is 0.0501 e. The quantitative estimate of drug-likeness (QED) is 0.872. The standard InChI is InChI=1S/C12H16BrClN2/c13-11-6-1-8(14)7-12(11)16-10-4-2-9(15)3-5-10/h1,6-7,9-10,16H,2-5,15H2. The Kier molecular flexibility index (Phi) is 4.11. The van der Waals surface area contributed by atoms with Crippen LogP contribution in [0.15, 0.2) is 22.7 Å². The fourth-order valence-corrected chi connectivity index (χ4v) is 2.62. The second kappa shape index (κ2) is 5.39. The summed E-state index contributed by atoms with van der Waals surface area (Å²) in [5.74, 6) is 0. The van der Waals surface area contributed by atoms with Crippen molar-refractivity contribution < 1.29 is 0 Å². The number of benzene rings is 1. The summed E-state index contributed by atoms with van der Waals surface area (Å²) in [4.78, 5) is 0. The zero-order valence-corrected chi connectivity index (χ0v) is 11.4. The molecule has 1 fully saturated rings. The maximum absolute atomic E-state index is 5.98. The number of anilines is 1. The zero-order chi connectivity index (χ0) is 11.5. The van der Waals surface area contributed by atoms with Gasteiger partial charge in [-0.25, -0.2) is 0 Å². The van der Waals surface area contributed by atoms with Crippen LogP contribution in [0.3, 0.4) is 0 Å². The molecule has 1 aromatic carbocycles. The Morgan fingerprint density at radius 2 is 1.94 bits per heavy atom. The van der Waals surface area contributed by atoms with Gasteiger partial charge in [-0.1, -0.05) is 11.6 Å². The van der Waals surface area contributed by atoms with Crippen LogP contribution in [0.4, 0.5) is 5.69 Å². The molecule has 2 rings (SSSR count). The summed E-state index contributed by atoms with van der Waals surface area (Å²) < 4.78 is 1.06. The lowest BCUT2D eigenvalue weighted by atomic mass is 9.92. The summed E-state index contributed by atoms with van der Waals surface area (Å²) >= 11 is 9.50. The molecule has 0 aromatic heterocycles. The predicted octanol–water partition coefficient (Wildman–Crippen LogP) is 3.78. The third kappa shape index (κ3) is 3.12. The van der Waals surface area contributed by atoms with Crippen molar-refractivity contribution in [2.24, 2.45) is 5.73 Å². The van der Waals surface area contributed by atoms with Crippen LogP contribution in [0.2, 0.25) is 5.02 Å². The topological polar surface area (TPSA) is 38.0 Å². The number of nitrogens with one attached hydrogen (secondary N) is 1. The molecule has 0 bridgehead atoms. The Morgan fingerprint density at radius 1 is 1.25 bits per heavy atom. The largest absolute Gasteiger partial charge is 0.381 e. The van der Waals surface area contributed by atoms with Crippen molar-refractivity contribution in [1.29, 1.82) is 0 Å². The monoisotopic (exact) mass is 302 g/mol. The molecule has 88 valence electrons. The van der Waals surface area contributed by atoms with Gasteiger partial charge < -0.3 is 11.1 Å². The summed E-state index contributed by atoms with van der Waals surface area (Å²) in [6, 6.07) is 6.72. The Hall–Kier alpha value is -0.250. The SMILES string of the molecule is NC1CCC(Nc2cc(Cl)ccc2Br)CC1. The normalized spacial score (nSPS) is 25.4. The third-order valence-electron chi connectivity index (χ3n) is 3.06. The average molecular weight is 304 g/mol. The number of rotatable bonds is 2. The fourth-order valence-electron chi connectivity index (χ4n) is 2.09. The summed E-state index contributed by atoms with van der Waals surface area (Å²) in [5, 5.41) is 4.29. The summed E-state index contributed by atoms with van der Waals surface area (Å²) in [6.45, 7) is 0. The molecule has 0 saturated heterocycles. The van der Waals surface area contributed by atoms with E-state index in [1.807, 2.05) is 18.2 Å². The van der Waals surface area contributed by atoms with Gasteiger partial charge in [-0.05, 0) is 59.8 Å². The van der Waals surface area contributed by atoms with E-state index in [0.29, 0.717) is 12.1 Å². The average Bonchev–Trinajstić information content (AvgIpc) is 2.27. The van der Waals surface area contributed by atoms with Crippen molar-refractivity contribution in [3.05, 3.63) is 27.7 Å². The van der Waals surface area contributed by atoms with Gasteiger partial charge >= 0.3 is 0 Å². The van der Waals surface area contributed by atoms with Crippen molar-refractivity contribution >= 4 is 33.2 Å². The van der Waals surface area contributed by atoms with Gasteiger partial charge in [0.25, 0.3) is 0 Å². The Labute approximate surface area is 110 Å². The minimum atomic E-state index is 0.390. The number of hydrogen-bond donors (Lipinski definition) is 2. The molecule has 1 saturated carbocycles. The highest BCUT2D eigenvalue weighted by Crippen LogP contribution is 2.29. The van der Waals surface area contributed by atoms with Crippen LogP contribution in [0.1, 0.15) is 25.7 Å². The van der Waals surface area contributed by atoms with E-state index in [1.165, 1.54) is 0 Å². The van der Waals surface area contributed by atoms with Gasteiger partial charge in [0.1, 0.15) is 0 Å². The second-order valence-electron chi connectivity index (χ2n) is 4.38. The molecule has 0 aliphatic heterocycles. The molecule has 0 heterocycles. The van der Waals surface area contributed by atoms with E-state index in [2.05, 4.69) is 21.2 Å². The van der Waals surface area contributed by atoms with Gasteiger partial charge in [0.05, 0.1) is 5.69 Å². The van der Waals surface area contributed by atoms with Crippen molar-refractivity contribution in [3.63, 3.8) is 0 Å². The molecule has 3 N–H and O–H groups in total. The Bertz CT molecular complexity index is 362. The second-order valence-corrected chi connectivity index (χ2v) is 5.67. The van der Waals surface area contributed by atoms with Crippen LogP contribution < -0.4 is 11.1 Å². The van der Waals surface area contributed by atoms with Gasteiger partial charge in [0.15, 0.2) is 0 Å².